The first-order valence-corrected chi connectivity index (χ1v) is 11.2. The maximum atomic E-state index is 12.5. The smallest absolute Gasteiger partial charge is 0.255 e. The number of carbonyl (C=O) groups is 1. The molecule has 0 spiro atoms. The number of nitrogens with two attached hydrogens (primary N) is 1. The Bertz CT molecular complexity index is 1030. The summed E-state index contributed by atoms with van der Waals surface area (Å²) in [6.45, 7) is 0.243. The van der Waals surface area contributed by atoms with E-state index in [0.29, 0.717) is 12.0 Å². The predicted molar refractivity (Wildman–Crippen MR) is 134 cm³/mol. The first kappa shape index (κ1) is 24.8. The van der Waals surface area contributed by atoms with Crippen LogP contribution in [-0.4, -0.2) is 23.7 Å². The standard InChI is InChI=1S/C27H30N2O3.ClH/c28-26-21(16-23(30)18-32-24-12-5-2-6-13-24)11-7-10-19-14-15-22(17-25(19)26)29-27(31)20-8-3-1-4-9-20;/h1-6,8-9,12-15,17,21,23,26,30H,7,10-11,16,18,28H2,(H,29,31);1H/t21?,23-,26?;/m0./s1. The second kappa shape index (κ2) is 11.8. The summed E-state index contributed by atoms with van der Waals surface area (Å²) in [4.78, 5) is 12.5. The van der Waals surface area contributed by atoms with E-state index in [4.69, 9.17) is 10.5 Å². The number of para-hydroxylation sites is 1. The molecule has 6 heteroatoms. The lowest BCUT2D eigenvalue weighted by Crippen LogP contribution is -2.28. The number of hydrogen-bond donors (Lipinski definition) is 3. The van der Waals surface area contributed by atoms with Gasteiger partial charge in [0.1, 0.15) is 12.4 Å². The summed E-state index contributed by atoms with van der Waals surface area (Å²) >= 11 is 0. The quantitative estimate of drug-likeness (QED) is 0.421. The molecule has 3 aromatic carbocycles. The van der Waals surface area contributed by atoms with Crippen molar-refractivity contribution in [2.75, 3.05) is 11.9 Å². The molecule has 4 N–H and O–H groups in total. The van der Waals surface area contributed by atoms with Crippen molar-refractivity contribution in [1.82, 2.24) is 0 Å². The van der Waals surface area contributed by atoms with Crippen LogP contribution < -0.4 is 15.8 Å². The molecule has 0 aliphatic heterocycles. The molecule has 2 unspecified atom stereocenters. The highest BCUT2D eigenvalue weighted by Gasteiger charge is 2.27. The molecule has 0 saturated heterocycles. The largest absolute Gasteiger partial charge is 0.491 e. The first-order valence-electron chi connectivity index (χ1n) is 11.2. The second-order valence-electron chi connectivity index (χ2n) is 8.43. The van der Waals surface area contributed by atoms with Gasteiger partial charge in [0.25, 0.3) is 5.91 Å². The zero-order valence-corrected chi connectivity index (χ0v) is 19.3. The number of anilines is 1. The molecule has 1 aliphatic rings. The molecule has 3 atom stereocenters. The predicted octanol–water partition coefficient (Wildman–Crippen LogP) is 5.14. The zero-order chi connectivity index (χ0) is 22.3. The molecule has 0 fully saturated rings. The number of aliphatic hydroxyl groups excluding tert-OH is 1. The lowest BCUT2D eigenvalue weighted by Gasteiger charge is -2.26. The van der Waals surface area contributed by atoms with E-state index in [1.165, 1.54) is 5.56 Å². The number of aliphatic hydroxyl groups is 1. The van der Waals surface area contributed by atoms with Gasteiger partial charge >= 0.3 is 0 Å². The van der Waals surface area contributed by atoms with Crippen LogP contribution in [-0.2, 0) is 6.42 Å². The Morgan fingerprint density at radius 2 is 1.76 bits per heavy atom. The summed E-state index contributed by atoms with van der Waals surface area (Å²) in [6.07, 6.45) is 2.91. The number of ether oxygens (including phenoxy) is 1. The Morgan fingerprint density at radius 1 is 1.06 bits per heavy atom. The van der Waals surface area contributed by atoms with Gasteiger partial charge in [-0.05, 0) is 79.1 Å². The van der Waals surface area contributed by atoms with Crippen LogP contribution in [0.4, 0.5) is 5.69 Å². The zero-order valence-electron chi connectivity index (χ0n) is 18.5. The van der Waals surface area contributed by atoms with Crippen LogP contribution in [0.2, 0.25) is 0 Å². The van der Waals surface area contributed by atoms with Crippen molar-refractivity contribution in [3.05, 3.63) is 95.6 Å². The molecule has 174 valence electrons. The third-order valence-electron chi connectivity index (χ3n) is 6.09. The van der Waals surface area contributed by atoms with E-state index in [1.54, 1.807) is 12.1 Å². The van der Waals surface area contributed by atoms with Crippen LogP contribution in [0.15, 0.2) is 78.9 Å². The van der Waals surface area contributed by atoms with E-state index in [-0.39, 0.29) is 36.9 Å². The number of amides is 1. The summed E-state index contributed by atoms with van der Waals surface area (Å²) in [5, 5.41) is 13.6. The second-order valence-corrected chi connectivity index (χ2v) is 8.43. The van der Waals surface area contributed by atoms with Gasteiger partial charge in [0, 0.05) is 17.3 Å². The van der Waals surface area contributed by atoms with Gasteiger partial charge in [-0.25, -0.2) is 0 Å². The van der Waals surface area contributed by atoms with Crippen molar-refractivity contribution >= 4 is 24.0 Å². The van der Waals surface area contributed by atoms with E-state index in [1.807, 2.05) is 60.7 Å². The maximum absolute atomic E-state index is 12.5. The van der Waals surface area contributed by atoms with Crippen LogP contribution in [0.1, 0.15) is 46.8 Å². The number of rotatable bonds is 7. The van der Waals surface area contributed by atoms with E-state index in [9.17, 15) is 9.90 Å². The molecular weight excluding hydrogens is 436 g/mol. The SMILES string of the molecule is Cl.NC1c2cc(NC(=O)c3ccccc3)ccc2CCCC1C[C@H](O)COc1ccccc1. The molecule has 0 saturated carbocycles. The van der Waals surface area contributed by atoms with Crippen molar-refractivity contribution in [2.24, 2.45) is 11.7 Å². The highest BCUT2D eigenvalue weighted by Crippen LogP contribution is 2.35. The van der Waals surface area contributed by atoms with E-state index in [2.05, 4.69) is 11.4 Å². The number of fused-ring (bicyclic) bond motifs is 1. The summed E-state index contributed by atoms with van der Waals surface area (Å²) in [5.41, 5.74) is 10.3. The fourth-order valence-corrected chi connectivity index (χ4v) is 4.38. The summed E-state index contributed by atoms with van der Waals surface area (Å²) in [6, 6.07) is 24.5. The summed E-state index contributed by atoms with van der Waals surface area (Å²) in [5.74, 6) is 0.754. The highest BCUT2D eigenvalue weighted by molar-refractivity contribution is 6.04. The average molecular weight is 467 g/mol. The Labute approximate surface area is 201 Å². The average Bonchev–Trinajstić information content (AvgIpc) is 2.98. The van der Waals surface area contributed by atoms with Crippen LogP contribution in [0, 0.1) is 5.92 Å². The minimum absolute atomic E-state index is 0. The highest BCUT2D eigenvalue weighted by atomic mass is 35.5. The number of aryl methyl sites for hydroxylation is 1. The molecule has 0 aromatic heterocycles. The lowest BCUT2D eigenvalue weighted by atomic mass is 9.87. The number of carbonyl (C=O) groups excluding carboxylic acids is 1. The molecule has 5 nitrogen and oxygen atoms in total. The summed E-state index contributed by atoms with van der Waals surface area (Å²) < 4.78 is 5.71. The van der Waals surface area contributed by atoms with Crippen LogP contribution in [0.3, 0.4) is 0 Å². The maximum Gasteiger partial charge on any atom is 0.255 e. The van der Waals surface area contributed by atoms with Crippen molar-refractivity contribution in [1.29, 1.82) is 0 Å². The Hall–Kier alpha value is -2.86. The fraction of sp³-hybridized carbons (Fsp3) is 0.296. The van der Waals surface area contributed by atoms with Gasteiger partial charge < -0.3 is 20.9 Å². The van der Waals surface area contributed by atoms with E-state index in [0.717, 1.165) is 36.3 Å². The van der Waals surface area contributed by atoms with Gasteiger partial charge in [-0.15, -0.1) is 12.4 Å². The molecule has 1 amide bonds. The Kier molecular flexibility index (Phi) is 8.89. The number of halogens is 1. The van der Waals surface area contributed by atoms with Gasteiger partial charge in [0.2, 0.25) is 0 Å². The molecular formula is C27H31ClN2O3. The minimum atomic E-state index is -0.589. The van der Waals surface area contributed by atoms with Gasteiger partial charge in [0.05, 0.1) is 6.10 Å². The van der Waals surface area contributed by atoms with Crippen molar-refractivity contribution in [3.8, 4) is 5.75 Å². The number of benzene rings is 3. The molecule has 0 radical (unpaired) electrons. The van der Waals surface area contributed by atoms with Crippen molar-refractivity contribution in [2.45, 2.75) is 37.8 Å². The van der Waals surface area contributed by atoms with Crippen molar-refractivity contribution < 1.29 is 14.6 Å². The van der Waals surface area contributed by atoms with Crippen LogP contribution in [0.25, 0.3) is 0 Å². The van der Waals surface area contributed by atoms with E-state index >= 15 is 0 Å². The third kappa shape index (κ3) is 6.57. The van der Waals surface area contributed by atoms with E-state index < -0.39 is 6.10 Å². The van der Waals surface area contributed by atoms with Crippen molar-refractivity contribution in [3.63, 3.8) is 0 Å². The monoisotopic (exact) mass is 466 g/mol. The molecule has 1 aliphatic carbocycles. The number of hydrogen-bond acceptors (Lipinski definition) is 4. The molecule has 4 rings (SSSR count). The van der Waals surface area contributed by atoms with Gasteiger partial charge in [-0.2, -0.15) is 0 Å². The first-order chi connectivity index (χ1) is 15.6. The molecule has 0 bridgehead atoms. The van der Waals surface area contributed by atoms with Crippen LogP contribution >= 0.6 is 12.4 Å². The Balaban J connectivity index is 0.00000306. The number of nitrogens with one attached hydrogen (secondary N) is 1. The minimum Gasteiger partial charge on any atom is -0.491 e. The van der Waals surface area contributed by atoms with Gasteiger partial charge in [-0.1, -0.05) is 42.5 Å². The molecule has 33 heavy (non-hydrogen) atoms. The van der Waals surface area contributed by atoms with Gasteiger partial charge in [-0.3, -0.25) is 4.79 Å². The van der Waals surface area contributed by atoms with Crippen LogP contribution in [0.5, 0.6) is 5.75 Å². The molecule has 3 aromatic rings. The Morgan fingerprint density at radius 3 is 2.48 bits per heavy atom. The topological polar surface area (TPSA) is 84.6 Å². The lowest BCUT2D eigenvalue weighted by molar-refractivity contribution is 0.0789. The molecule has 0 heterocycles. The third-order valence-corrected chi connectivity index (χ3v) is 6.09. The van der Waals surface area contributed by atoms with Gasteiger partial charge in [0.15, 0.2) is 0 Å². The normalized spacial score (nSPS) is 18.2. The summed E-state index contributed by atoms with van der Waals surface area (Å²) in [7, 11) is 0. The fourth-order valence-electron chi connectivity index (χ4n) is 4.38.